The van der Waals surface area contributed by atoms with Crippen LogP contribution >= 0.6 is 0 Å². The van der Waals surface area contributed by atoms with E-state index in [2.05, 4.69) is 50.0 Å². The first kappa shape index (κ1) is 12.2. The number of rotatable bonds is 3. The van der Waals surface area contributed by atoms with Crippen LogP contribution in [0.4, 0.5) is 0 Å². The molecule has 0 fully saturated rings. The second-order valence-electron chi connectivity index (χ2n) is 6.13. The highest BCUT2D eigenvalue weighted by Crippen LogP contribution is 2.22. The van der Waals surface area contributed by atoms with Crippen LogP contribution in [-0.2, 0) is 6.42 Å². The molecule has 3 N–H and O–H groups in total. The number of H-pyrrole nitrogens is 1. The Hall–Kier alpha value is -1.28. The van der Waals surface area contributed by atoms with E-state index in [1.165, 1.54) is 16.5 Å². The first-order valence-corrected chi connectivity index (χ1v) is 6.26. The number of aromatic amines is 1. The SMILES string of the molecule is CC(C)(C)CC(N)Cc1ccc2[nH]ccc2c1. The van der Waals surface area contributed by atoms with E-state index >= 15 is 0 Å². The number of benzene rings is 1. The number of hydrogen-bond donors (Lipinski definition) is 2. The van der Waals surface area contributed by atoms with Crippen LogP contribution in [0.1, 0.15) is 32.8 Å². The number of nitrogens with two attached hydrogens (primary N) is 1. The predicted octanol–water partition coefficient (Wildman–Crippen LogP) is 3.47. The van der Waals surface area contributed by atoms with Crippen LogP contribution in [0.2, 0.25) is 0 Å². The van der Waals surface area contributed by atoms with Crippen molar-refractivity contribution in [2.24, 2.45) is 11.1 Å². The maximum absolute atomic E-state index is 6.20. The summed E-state index contributed by atoms with van der Waals surface area (Å²) in [7, 11) is 0. The van der Waals surface area contributed by atoms with Gasteiger partial charge in [-0.2, -0.15) is 0 Å². The van der Waals surface area contributed by atoms with Crippen LogP contribution < -0.4 is 5.73 Å². The van der Waals surface area contributed by atoms with Gasteiger partial charge in [-0.3, -0.25) is 0 Å². The molecule has 1 aromatic carbocycles. The van der Waals surface area contributed by atoms with Crippen molar-refractivity contribution in [2.45, 2.75) is 39.7 Å². The highest BCUT2D eigenvalue weighted by atomic mass is 14.7. The second-order valence-corrected chi connectivity index (χ2v) is 6.13. The minimum absolute atomic E-state index is 0.242. The van der Waals surface area contributed by atoms with Gasteiger partial charge in [-0.15, -0.1) is 0 Å². The van der Waals surface area contributed by atoms with Gasteiger partial charge in [-0.25, -0.2) is 0 Å². The van der Waals surface area contributed by atoms with E-state index in [0.717, 1.165) is 12.8 Å². The summed E-state index contributed by atoms with van der Waals surface area (Å²) in [6.07, 6.45) is 3.99. The molecule has 0 aliphatic carbocycles. The second kappa shape index (κ2) is 4.53. The summed E-state index contributed by atoms with van der Waals surface area (Å²) < 4.78 is 0. The summed E-state index contributed by atoms with van der Waals surface area (Å²) in [4.78, 5) is 3.21. The first-order valence-electron chi connectivity index (χ1n) is 6.26. The van der Waals surface area contributed by atoms with Gasteiger partial charge in [0, 0.05) is 17.8 Å². The summed E-state index contributed by atoms with van der Waals surface area (Å²) >= 11 is 0. The van der Waals surface area contributed by atoms with E-state index in [-0.39, 0.29) is 6.04 Å². The van der Waals surface area contributed by atoms with E-state index in [4.69, 9.17) is 5.73 Å². The normalized spacial score (nSPS) is 14.1. The first-order chi connectivity index (χ1) is 7.94. The smallest absolute Gasteiger partial charge is 0.0454 e. The third-order valence-electron chi connectivity index (χ3n) is 2.99. The molecule has 2 rings (SSSR count). The van der Waals surface area contributed by atoms with Gasteiger partial charge < -0.3 is 10.7 Å². The summed E-state index contributed by atoms with van der Waals surface area (Å²) in [6.45, 7) is 6.71. The molecule has 2 aromatic rings. The van der Waals surface area contributed by atoms with Gasteiger partial charge in [-0.05, 0) is 47.4 Å². The van der Waals surface area contributed by atoms with E-state index in [9.17, 15) is 0 Å². The number of aromatic nitrogens is 1. The van der Waals surface area contributed by atoms with Gasteiger partial charge in [0.1, 0.15) is 0 Å². The zero-order chi connectivity index (χ0) is 12.5. The lowest BCUT2D eigenvalue weighted by atomic mass is 9.86. The Balaban J connectivity index is 2.07. The standard InChI is InChI=1S/C15H22N2/c1-15(2,3)10-13(16)9-11-4-5-14-12(8-11)6-7-17-14/h4-8,13,17H,9-10,16H2,1-3H3. The minimum Gasteiger partial charge on any atom is -0.361 e. The lowest BCUT2D eigenvalue weighted by Gasteiger charge is -2.23. The van der Waals surface area contributed by atoms with Crippen molar-refractivity contribution >= 4 is 10.9 Å². The highest BCUT2D eigenvalue weighted by molar-refractivity contribution is 5.79. The van der Waals surface area contributed by atoms with Crippen molar-refractivity contribution in [2.75, 3.05) is 0 Å². The summed E-state index contributed by atoms with van der Waals surface area (Å²) in [5.41, 5.74) is 9.03. The maximum atomic E-state index is 6.20. The Bertz CT molecular complexity index is 491. The van der Waals surface area contributed by atoms with Gasteiger partial charge in [0.05, 0.1) is 0 Å². The van der Waals surface area contributed by atoms with Crippen molar-refractivity contribution < 1.29 is 0 Å². The number of fused-ring (bicyclic) bond motifs is 1. The van der Waals surface area contributed by atoms with Gasteiger partial charge in [0.2, 0.25) is 0 Å². The fraction of sp³-hybridized carbons (Fsp3) is 0.467. The Morgan fingerprint density at radius 3 is 2.71 bits per heavy atom. The molecule has 0 aliphatic heterocycles. The van der Waals surface area contributed by atoms with Gasteiger partial charge in [-0.1, -0.05) is 26.8 Å². The molecule has 17 heavy (non-hydrogen) atoms. The molecular weight excluding hydrogens is 208 g/mol. The fourth-order valence-electron chi connectivity index (χ4n) is 2.39. The van der Waals surface area contributed by atoms with Gasteiger partial charge >= 0.3 is 0 Å². The molecule has 1 unspecified atom stereocenters. The maximum Gasteiger partial charge on any atom is 0.0454 e. The predicted molar refractivity (Wildman–Crippen MR) is 74.1 cm³/mol. The van der Waals surface area contributed by atoms with Crippen molar-refractivity contribution in [3.8, 4) is 0 Å². The third kappa shape index (κ3) is 3.34. The summed E-state index contributed by atoms with van der Waals surface area (Å²) in [5, 5.41) is 1.27. The molecule has 1 aromatic heterocycles. The zero-order valence-electron chi connectivity index (χ0n) is 11.0. The largest absolute Gasteiger partial charge is 0.361 e. The summed E-state index contributed by atoms with van der Waals surface area (Å²) in [6, 6.07) is 8.88. The number of nitrogens with one attached hydrogen (secondary N) is 1. The Morgan fingerprint density at radius 1 is 1.24 bits per heavy atom. The van der Waals surface area contributed by atoms with Gasteiger partial charge in [0.25, 0.3) is 0 Å². The van der Waals surface area contributed by atoms with E-state index in [1.807, 2.05) is 6.20 Å². The fourth-order valence-corrected chi connectivity index (χ4v) is 2.39. The zero-order valence-corrected chi connectivity index (χ0v) is 11.0. The molecular formula is C15H22N2. The monoisotopic (exact) mass is 230 g/mol. The molecule has 0 aliphatic rings. The molecule has 2 nitrogen and oxygen atoms in total. The van der Waals surface area contributed by atoms with E-state index in [0.29, 0.717) is 5.41 Å². The Labute approximate surface area is 103 Å². The molecule has 0 saturated carbocycles. The molecule has 0 spiro atoms. The van der Waals surface area contributed by atoms with E-state index < -0.39 is 0 Å². The van der Waals surface area contributed by atoms with Crippen LogP contribution in [0.5, 0.6) is 0 Å². The van der Waals surface area contributed by atoms with Crippen LogP contribution in [0.3, 0.4) is 0 Å². The quantitative estimate of drug-likeness (QED) is 0.833. The van der Waals surface area contributed by atoms with Gasteiger partial charge in [0.15, 0.2) is 0 Å². The average molecular weight is 230 g/mol. The molecule has 0 radical (unpaired) electrons. The Morgan fingerprint density at radius 2 is 2.00 bits per heavy atom. The topological polar surface area (TPSA) is 41.8 Å². The van der Waals surface area contributed by atoms with Crippen LogP contribution in [0.25, 0.3) is 10.9 Å². The molecule has 0 saturated heterocycles. The minimum atomic E-state index is 0.242. The third-order valence-corrected chi connectivity index (χ3v) is 2.99. The van der Waals surface area contributed by atoms with E-state index in [1.54, 1.807) is 0 Å². The molecule has 1 heterocycles. The molecule has 0 amide bonds. The molecule has 1 atom stereocenters. The lowest BCUT2D eigenvalue weighted by molar-refractivity contribution is 0.338. The molecule has 92 valence electrons. The van der Waals surface area contributed by atoms with Crippen molar-refractivity contribution in [1.29, 1.82) is 0 Å². The van der Waals surface area contributed by atoms with Crippen molar-refractivity contribution in [1.82, 2.24) is 4.98 Å². The average Bonchev–Trinajstić information content (AvgIpc) is 2.61. The Kier molecular flexibility index (Phi) is 3.25. The van der Waals surface area contributed by atoms with Crippen LogP contribution in [-0.4, -0.2) is 11.0 Å². The van der Waals surface area contributed by atoms with Crippen LogP contribution in [0, 0.1) is 5.41 Å². The van der Waals surface area contributed by atoms with Crippen molar-refractivity contribution in [3.63, 3.8) is 0 Å². The van der Waals surface area contributed by atoms with Crippen LogP contribution in [0.15, 0.2) is 30.5 Å². The number of hydrogen-bond acceptors (Lipinski definition) is 1. The molecule has 2 heteroatoms. The van der Waals surface area contributed by atoms with Crippen molar-refractivity contribution in [3.05, 3.63) is 36.0 Å². The highest BCUT2D eigenvalue weighted by Gasteiger charge is 2.15. The molecule has 0 bridgehead atoms. The lowest BCUT2D eigenvalue weighted by Crippen LogP contribution is -2.28. The summed E-state index contributed by atoms with van der Waals surface area (Å²) in [5.74, 6) is 0.